The summed E-state index contributed by atoms with van der Waals surface area (Å²) in [6.45, 7) is 5.56. The molecule has 0 aliphatic carbocycles. The van der Waals surface area contributed by atoms with Crippen LogP contribution in [-0.2, 0) is 4.74 Å². The summed E-state index contributed by atoms with van der Waals surface area (Å²) < 4.78 is 7.04. The first kappa shape index (κ1) is 19.8. The zero-order chi connectivity index (χ0) is 21.3. The molecule has 0 amide bonds. The first-order valence-electron chi connectivity index (χ1n) is 9.61. The maximum Gasteiger partial charge on any atom is 0.355 e. The van der Waals surface area contributed by atoms with Gasteiger partial charge in [-0.1, -0.05) is 30.3 Å². The zero-order valence-corrected chi connectivity index (χ0v) is 17.7. The van der Waals surface area contributed by atoms with E-state index in [0.717, 1.165) is 21.9 Å². The molecule has 6 nitrogen and oxygen atoms in total. The fourth-order valence-electron chi connectivity index (χ4n) is 3.54. The first-order valence-corrected chi connectivity index (χ1v) is 10.5. The van der Waals surface area contributed by atoms with Gasteiger partial charge in [-0.15, -0.1) is 11.3 Å². The summed E-state index contributed by atoms with van der Waals surface area (Å²) in [7, 11) is 0. The molecule has 7 heteroatoms. The zero-order valence-electron chi connectivity index (χ0n) is 16.9. The van der Waals surface area contributed by atoms with Gasteiger partial charge < -0.3 is 9.72 Å². The number of aromatic amines is 1. The number of hydrogen-bond acceptors (Lipinski definition) is 5. The molecule has 4 rings (SSSR count). The van der Waals surface area contributed by atoms with Crippen LogP contribution in [0.4, 0.5) is 0 Å². The van der Waals surface area contributed by atoms with Crippen molar-refractivity contribution in [1.82, 2.24) is 14.4 Å². The third kappa shape index (κ3) is 3.48. The molecular weight excluding hydrogens is 398 g/mol. The van der Waals surface area contributed by atoms with Gasteiger partial charge in [-0.2, -0.15) is 0 Å². The van der Waals surface area contributed by atoms with Crippen LogP contribution in [0.5, 0.6) is 0 Å². The molecule has 0 aliphatic heterocycles. The largest absolute Gasteiger partial charge is 0.461 e. The highest BCUT2D eigenvalue weighted by Crippen LogP contribution is 2.28. The van der Waals surface area contributed by atoms with Gasteiger partial charge >= 0.3 is 5.97 Å². The van der Waals surface area contributed by atoms with Crippen LogP contribution in [0.2, 0.25) is 0 Å². The predicted molar refractivity (Wildman–Crippen MR) is 118 cm³/mol. The quantitative estimate of drug-likeness (QED) is 0.269. The topological polar surface area (TPSA) is 76.5 Å². The number of thiazole rings is 1. The van der Waals surface area contributed by atoms with E-state index in [9.17, 15) is 9.59 Å². The molecular formula is C23H21N3O3S. The molecule has 3 heterocycles. The van der Waals surface area contributed by atoms with Crippen LogP contribution >= 0.6 is 11.3 Å². The number of aromatic nitrogens is 3. The average molecular weight is 420 g/mol. The highest BCUT2D eigenvalue weighted by atomic mass is 32.1. The molecule has 0 saturated heterocycles. The van der Waals surface area contributed by atoms with Crippen molar-refractivity contribution in [3.63, 3.8) is 0 Å². The number of carbonyl (C=O) groups is 2. The van der Waals surface area contributed by atoms with Crippen LogP contribution in [0.15, 0.2) is 48.0 Å². The lowest BCUT2D eigenvalue weighted by molar-refractivity contribution is 0.0519. The Morgan fingerprint density at radius 3 is 2.73 bits per heavy atom. The second kappa shape index (κ2) is 8.12. The fraction of sp³-hybridized carbons (Fsp3) is 0.174. The number of carbonyl (C=O) groups excluding carboxylic acids is 2. The second-order valence-corrected chi connectivity index (χ2v) is 7.68. The number of rotatable bonds is 6. The number of ether oxygens (including phenoxy) is 1. The molecule has 1 N–H and O–H groups in total. The molecule has 1 aromatic carbocycles. The van der Waals surface area contributed by atoms with Gasteiger partial charge in [0.15, 0.2) is 10.7 Å². The smallest absolute Gasteiger partial charge is 0.355 e. The van der Waals surface area contributed by atoms with Crippen LogP contribution in [0.1, 0.15) is 44.7 Å². The van der Waals surface area contributed by atoms with E-state index in [1.165, 1.54) is 6.08 Å². The Labute approximate surface area is 177 Å². The molecule has 0 saturated carbocycles. The number of fused-ring (bicyclic) bond motifs is 1. The van der Waals surface area contributed by atoms with Gasteiger partial charge in [0.05, 0.1) is 18.0 Å². The van der Waals surface area contributed by atoms with Crippen molar-refractivity contribution < 1.29 is 14.3 Å². The minimum atomic E-state index is -0.455. The van der Waals surface area contributed by atoms with Crippen LogP contribution in [0.25, 0.3) is 22.3 Å². The van der Waals surface area contributed by atoms with E-state index >= 15 is 0 Å². The number of ketones is 1. The summed E-state index contributed by atoms with van der Waals surface area (Å²) in [5.41, 5.74) is 4.69. The third-order valence-electron chi connectivity index (χ3n) is 4.90. The third-order valence-corrected chi connectivity index (χ3v) is 5.66. The van der Waals surface area contributed by atoms with Gasteiger partial charge in [-0.25, -0.2) is 9.78 Å². The molecule has 0 fully saturated rings. The van der Waals surface area contributed by atoms with Crippen molar-refractivity contribution in [3.05, 3.63) is 76.2 Å². The molecule has 3 aromatic heterocycles. The highest BCUT2D eigenvalue weighted by molar-refractivity contribution is 7.15. The lowest BCUT2D eigenvalue weighted by Crippen LogP contribution is -2.07. The lowest BCUT2D eigenvalue weighted by Gasteiger charge is -2.01. The molecule has 4 aromatic rings. The van der Waals surface area contributed by atoms with Crippen molar-refractivity contribution in [2.24, 2.45) is 0 Å². The van der Waals surface area contributed by atoms with Gasteiger partial charge in [0.25, 0.3) is 0 Å². The summed E-state index contributed by atoms with van der Waals surface area (Å²) in [6.07, 6.45) is 5.26. The average Bonchev–Trinajstić information content (AvgIpc) is 3.40. The predicted octanol–water partition coefficient (Wildman–Crippen LogP) is 5.08. The summed E-state index contributed by atoms with van der Waals surface area (Å²) >= 11 is 1.54. The Hall–Kier alpha value is -3.45. The Balaban J connectivity index is 1.72. The monoisotopic (exact) mass is 419 g/mol. The van der Waals surface area contributed by atoms with Crippen LogP contribution in [0, 0.1) is 13.8 Å². The van der Waals surface area contributed by atoms with Gasteiger partial charge in [-0.05, 0) is 38.5 Å². The van der Waals surface area contributed by atoms with Gasteiger partial charge in [0.1, 0.15) is 5.69 Å². The summed E-state index contributed by atoms with van der Waals surface area (Å²) in [6, 6.07) is 9.88. The maximum atomic E-state index is 13.0. The molecule has 0 radical (unpaired) electrons. The first-order chi connectivity index (χ1) is 14.5. The molecule has 0 atom stereocenters. The van der Waals surface area contributed by atoms with Crippen LogP contribution < -0.4 is 0 Å². The molecule has 30 heavy (non-hydrogen) atoms. The molecule has 0 bridgehead atoms. The number of esters is 1. The number of imidazole rings is 1. The normalized spacial score (nSPS) is 11.4. The highest BCUT2D eigenvalue weighted by Gasteiger charge is 2.22. The number of aryl methyl sites for hydroxylation is 1. The summed E-state index contributed by atoms with van der Waals surface area (Å²) in [4.78, 5) is 33.7. The number of benzene rings is 1. The van der Waals surface area contributed by atoms with E-state index in [2.05, 4.69) is 4.98 Å². The molecule has 0 aliphatic rings. The molecule has 152 valence electrons. The van der Waals surface area contributed by atoms with E-state index in [1.807, 2.05) is 46.3 Å². The Bertz CT molecular complexity index is 1260. The Morgan fingerprint density at radius 1 is 1.23 bits per heavy atom. The lowest BCUT2D eigenvalue weighted by atomic mass is 10.0. The van der Waals surface area contributed by atoms with Gasteiger partial charge in [0.2, 0.25) is 0 Å². The molecule has 0 spiro atoms. The summed E-state index contributed by atoms with van der Waals surface area (Å²) in [5.74, 6) is -0.635. The van der Waals surface area contributed by atoms with E-state index < -0.39 is 5.97 Å². The van der Waals surface area contributed by atoms with E-state index in [4.69, 9.17) is 9.72 Å². The molecule has 0 unspecified atom stereocenters. The number of nitrogens with zero attached hydrogens (tertiary/aromatic N) is 2. The minimum absolute atomic E-state index is 0.180. The minimum Gasteiger partial charge on any atom is -0.461 e. The maximum absolute atomic E-state index is 13.0. The van der Waals surface area contributed by atoms with Crippen LogP contribution in [-0.4, -0.2) is 32.7 Å². The van der Waals surface area contributed by atoms with Gasteiger partial charge in [0, 0.05) is 28.4 Å². The standard InChI is InChI=1S/C23H21N3O3S/c1-4-29-22(28)20-14(2)19(15(3)24-20)18(27)11-10-17-21(16-8-6-5-7-9-16)25-23-26(17)12-13-30-23/h5-13,24H,4H2,1-3H3/b11-10+. The van der Waals surface area contributed by atoms with Crippen molar-refractivity contribution in [2.45, 2.75) is 20.8 Å². The Kier molecular flexibility index (Phi) is 5.37. The number of allylic oxidation sites excluding steroid dienone is 1. The summed E-state index contributed by atoms with van der Waals surface area (Å²) in [5, 5.41) is 1.96. The Morgan fingerprint density at radius 2 is 2.00 bits per heavy atom. The SMILES string of the molecule is CCOC(=O)c1[nH]c(C)c(C(=O)/C=C/c2c(-c3ccccc3)nc3sccn23)c1C. The fourth-order valence-corrected chi connectivity index (χ4v) is 4.26. The number of nitrogens with one attached hydrogen (secondary N) is 1. The van der Waals surface area contributed by atoms with E-state index in [-0.39, 0.29) is 12.4 Å². The number of H-pyrrole nitrogens is 1. The second-order valence-electron chi connectivity index (χ2n) is 6.81. The van der Waals surface area contributed by atoms with Crippen molar-refractivity contribution in [3.8, 4) is 11.3 Å². The van der Waals surface area contributed by atoms with Crippen LogP contribution in [0.3, 0.4) is 0 Å². The van der Waals surface area contributed by atoms with Crippen molar-refractivity contribution in [1.29, 1.82) is 0 Å². The van der Waals surface area contributed by atoms with E-state index in [0.29, 0.717) is 22.5 Å². The van der Waals surface area contributed by atoms with Gasteiger partial charge in [-0.3, -0.25) is 9.20 Å². The van der Waals surface area contributed by atoms with E-state index in [1.54, 1.807) is 38.2 Å². The van der Waals surface area contributed by atoms with Crippen molar-refractivity contribution in [2.75, 3.05) is 6.61 Å². The van der Waals surface area contributed by atoms with Crippen molar-refractivity contribution >= 4 is 34.1 Å². The number of hydrogen-bond donors (Lipinski definition) is 1.